The summed E-state index contributed by atoms with van der Waals surface area (Å²) in [6, 6.07) is 7.74. The predicted molar refractivity (Wildman–Crippen MR) is 59.6 cm³/mol. The first-order valence-electron chi connectivity index (χ1n) is 4.56. The maximum atomic E-state index is 5.28. The molecule has 3 aromatic rings. The van der Waals surface area contributed by atoms with Gasteiger partial charge < -0.3 is 9.40 Å². The molecular formula is C11H8N2OS. The lowest BCUT2D eigenvalue weighted by Crippen LogP contribution is -1.76. The Morgan fingerprint density at radius 1 is 1.27 bits per heavy atom. The molecule has 0 saturated carbocycles. The van der Waals surface area contributed by atoms with Crippen molar-refractivity contribution in [3.63, 3.8) is 0 Å². The molecule has 0 fully saturated rings. The van der Waals surface area contributed by atoms with Crippen molar-refractivity contribution in [3.8, 4) is 22.2 Å². The fourth-order valence-corrected chi connectivity index (χ4v) is 2.20. The monoisotopic (exact) mass is 216 g/mol. The fourth-order valence-electron chi connectivity index (χ4n) is 1.40. The molecule has 0 radical (unpaired) electrons. The van der Waals surface area contributed by atoms with Crippen molar-refractivity contribution in [2.24, 2.45) is 0 Å². The van der Waals surface area contributed by atoms with E-state index in [1.807, 2.05) is 35.8 Å². The summed E-state index contributed by atoms with van der Waals surface area (Å²) < 4.78 is 5.28. The van der Waals surface area contributed by atoms with Crippen LogP contribution in [0.25, 0.3) is 22.2 Å². The van der Waals surface area contributed by atoms with Crippen molar-refractivity contribution >= 4 is 11.3 Å². The zero-order chi connectivity index (χ0) is 10.1. The normalized spacial score (nSPS) is 10.7. The van der Waals surface area contributed by atoms with Gasteiger partial charge in [-0.2, -0.15) is 0 Å². The Balaban J connectivity index is 2.02. The minimum Gasteiger partial charge on any atom is -0.463 e. The quantitative estimate of drug-likeness (QED) is 0.713. The molecule has 0 aliphatic heterocycles. The van der Waals surface area contributed by atoms with Crippen LogP contribution in [0.5, 0.6) is 0 Å². The van der Waals surface area contributed by atoms with E-state index in [2.05, 4.69) is 9.97 Å². The van der Waals surface area contributed by atoms with Gasteiger partial charge in [0.15, 0.2) is 5.76 Å². The molecule has 0 aliphatic carbocycles. The number of aromatic amines is 1. The Kier molecular flexibility index (Phi) is 1.93. The van der Waals surface area contributed by atoms with E-state index in [-0.39, 0.29) is 0 Å². The lowest BCUT2D eigenvalue weighted by molar-refractivity contribution is 0.580. The van der Waals surface area contributed by atoms with Crippen molar-refractivity contribution in [1.82, 2.24) is 9.97 Å². The van der Waals surface area contributed by atoms with E-state index in [0.29, 0.717) is 0 Å². The van der Waals surface area contributed by atoms with Gasteiger partial charge in [0, 0.05) is 11.6 Å². The molecule has 4 heteroatoms. The van der Waals surface area contributed by atoms with Crippen LogP contribution in [0.3, 0.4) is 0 Å². The van der Waals surface area contributed by atoms with Gasteiger partial charge in [0.05, 0.1) is 12.0 Å². The SMILES string of the molecule is c1c[nH]c(-c2nc(-c3ccco3)cs2)c1. The number of nitrogens with zero attached hydrogens (tertiary/aromatic N) is 1. The Labute approximate surface area is 90.4 Å². The molecule has 0 aromatic carbocycles. The first-order valence-corrected chi connectivity index (χ1v) is 5.44. The molecule has 0 bridgehead atoms. The maximum Gasteiger partial charge on any atom is 0.153 e. The number of rotatable bonds is 2. The second-order valence-electron chi connectivity index (χ2n) is 3.10. The second kappa shape index (κ2) is 3.40. The van der Waals surface area contributed by atoms with Crippen LogP contribution in [0.2, 0.25) is 0 Å². The third-order valence-corrected chi connectivity index (χ3v) is 2.98. The maximum absolute atomic E-state index is 5.28. The Morgan fingerprint density at radius 3 is 3.00 bits per heavy atom. The minimum absolute atomic E-state index is 0.809. The van der Waals surface area contributed by atoms with Gasteiger partial charge in [-0.15, -0.1) is 11.3 Å². The van der Waals surface area contributed by atoms with Crippen LogP contribution in [-0.4, -0.2) is 9.97 Å². The highest BCUT2D eigenvalue weighted by Gasteiger charge is 2.08. The van der Waals surface area contributed by atoms with E-state index in [9.17, 15) is 0 Å². The molecule has 0 spiro atoms. The fraction of sp³-hybridized carbons (Fsp3) is 0. The summed E-state index contributed by atoms with van der Waals surface area (Å²) >= 11 is 1.60. The van der Waals surface area contributed by atoms with Crippen molar-refractivity contribution in [3.05, 3.63) is 42.1 Å². The van der Waals surface area contributed by atoms with E-state index in [0.717, 1.165) is 22.2 Å². The molecule has 3 heterocycles. The van der Waals surface area contributed by atoms with Crippen molar-refractivity contribution in [2.45, 2.75) is 0 Å². The highest BCUT2D eigenvalue weighted by atomic mass is 32.1. The molecule has 3 nitrogen and oxygen atoms in total. The van der Waals surface area contributed by atoms with E-state index >= 15 is 0 Å². The number of furan rings is 1. The Morgan fingerprint density at radius 2 is 2.27 bits per heavy atom. The zero-order valence-electron chi connectivity index (χ0n) is 7.81. The van der Waals surface area contributed by atoms with Gasteiger partial charge in [0.2, 0.25) is 0 Å². The van der Waals surface area contributed by atoms with Crippen LogP contribution in [0.4, 0.5) is 0 Å². The number of nitrogens with one attached hydrogen (secondary N) is 1. The van der Waals surface area contributed by atoms with E-state index in [1.54, 1.807) is 17.6 Å². The molecular weight excluding hydrogens is 208 g/mol. The van der Waals surface area contributed by atoms with Crippen LogP contribution < -0.4 is 0 Å². The average molecular weight is 216 g/mol. The lowest BCUT2D eigenvalue weighted by atomic mass is 10.3. The lowest BCUT2D eigenvalue weighted by Gasteiger charge is -1.89. The topological polar surface area (TPSA) is 41.8 Å². The molecule has 1 N–H and O–H groups in total. The summed E-state index contributed by atoms with van der Waals surface area (Å²) in [6.45, 7) is 0. The molecule has 0 unspecified atom stereocenters. The largest absolute Gasteiger partial charge is 0.463 e. The summed E-state index contributed by atoms with van der Waals surface area (Å²) in [5.41, 5.74) is 1.92. The van der Waals surface area contributed by atoms with Crippen molar-refractivity contribution < 1.29 is 4.42 Å². The first kappa shape index (κ1) is 8.49. The van der Waals surface area contributed by atoms with Crippen LogP contribution in [-0.2, 0) is 0 Å². The van der Waals surface area contributed by atoms with Gasteiger partial charge in [0.1, 0.15) is 10.7 Å². The second-order valence-corrected chi connectivity index (χ2v) is 3.96. The third-order valence-electron chi connectivity index (χ3n) is 2.11. The van der Waals surface area contributed by atoms with Crippen molar-refractivity contribution in [2.75, 3.05) is 0 Å². The Hall–Kier alpha value is -1.81. The van der Waals surface area contributed by atoms with Gasteiger partial charge in [-0.25, -0.2) is 4.98 Å². The van der Waals surface area contributed by atoms with Gasteiger partial charge in [0.25, 0.3) is 0 Å². The van der Waals surface area contributed by atoms with Gasteiger partial charge >= 0.3 is 0 Å². The Bertz CT molecular complexity index is 488. The summed E-state index contributed by atoms with van der Waals surface area (Å²) in [7, 11) is 0. The number of H-pyrrole nitrogens is 1. The highest BCUT2D eigenvalue weighted by Crippen LogP contribution is 2.27. The van der Waals surface area contributed by atoms with Gasteiger partial charge in [-0.05, 0) is 24.3 Å². The highest BCUT2D eigenvalue weighted by molar-refractivity contribution is 7.13. The van der Waals surface area contributed by atoms with E-state index < -0.39 is 0 Å². The number of hydrogen-bond donors (Lipinski definition) is 1. The molecule has 74 valence electrons. The summed E-state index contributed by atoms with van der Waals surface area (Å²) in [5, 5.41) is 2.97. The molecule has 0 amide bonds. The number of thiazole rings is 1. The molecule has 0 aliphatic rings. The predicted octanol–water partition coefficient (Wildman–Crippen LogP) is 3.40. The van der Waals surface area contributed by atoms with Gasteiger partial charge in [-0.1, -0.05) is 0 Å². The van der Waals surface area contributed by atoms with Crippen LogP contribution in [0, 0.1) is 0 Å². The van der Waals surface area contributed by atoms with Crippen LogP contribution in [0.1, 0.15) is 0 Å². The first-order chi connectivity index (χ1) is 7.43. The number of hydrogen-bond acceptors (Lipinski definition) is 3. The minimum atomic E-state index is 0.809. The molecule has 3 rings (SSSR count). The molecule has 0 atom stereocenters. The van der Waals surface area contributed by atoms with Crippen LogP contribution in [0.15, 0.2) is 46.5 Å². The number of aromatic nitrogens is 2. The van der Waals surface area contributed by atoms with E-state index in [1.165, 1.54) is 0 Å². The smallest absolute Gasteiger partial charge is 0.153 e. The summed E-state index contributed by atoms with van der Waals surface area (Å²) in [4.78, 5) is 7.62. The molecule has 15 heavy (non-hydrogen) atoms. The van der Waals surface area contributed by atoms with Crippen molar-refractivity contribution in [1.29, 1.82) is 0 Å². The average Bonchev–Trinajstić information content (AvgIpc) is 3.02. The standard InChI is InChI=1S/C11H8N2OS/c1-3-8(12-5-1)11-13-9(7-15-11)10-4-2-6-14-10/h1-7,12H. The summed E-state index contributed by atoms with van der Waals surface area (Å²) in [6.07, 6.45) is 3.55. The molecule has 3 aromatic heterocycles. The van der Waals surface area contributed by atoms with Gasteiger partial charge in [-0.3, -0.25) is 0 Å². The third kappa shape index (κ3) is 1.49. The van der Waals surface area contributed by atoms with E-state index in [4.69, 9.17) is 4.42 Å². The molecule has 0 saturated heterocycles. The summed E-state index contributed by atoms with van der Waals surface area (Å²) in [5.74, 6) is 0.809. The zero-order valence-corrected chi connectivity index (χ0v) is 8.62. The van der Waals surface area contributed by atoms with Crippen LogP contribution >= 0.6 is 11.3 Å².